The maximum Gasteiger partial charge on any atom is 1.00 e. The van der Waals surface area contributed by atoms with Crippen LogP contribution in [0.3, 0.4) is 0 Å². The number of carboxylic acid groups (broad SMARTS) is 1. The van der Waals surface area contributed by atoms with E-state index in [1.807, 2.05) is 54.4 Å². The number of nitrogens with one attached hydrogen (secondary N) is 1. The number of hydrogen-bond acceptors (Lipinski definition) is 32. The van der Waals surface area contributed by atoms with Gasteiger partial charge in [-0.1, -0.05) is 11.6 Å². The van der Waals surface area contributed by atoms with E-state index in [2.05, 4.69) is 25.3 Å². The first-order valence-corrected chi connectivity index (χ1v) is 44.4. The molecule has 0 aliphatic carbocycles. The van der Waals surface area contributed by atoms with Gasteiger partial charge in [0.25, 0.3) is 0 Å². The summed E-state index contributed by atoms with van der Waals surface area (Å²) < 4.78 is 101. The second-order valence-corrected chi connectivity index (χ2v) is 35.3. The number of carbonyl (C=O) groups excluding carboxylic acids is 14. The van der Waals surface area contributed by atoms with Crippen LogP contribution < -0.4 is 109 Å². The van der Waals surface area contributed by atoms with Gasteiger partial charge in [0.05, 0.1) is 127 Å². The van der Waals surface area contributed by atoms with E-state index in [4.69, 9.17) is 77.4 Å². The van der Waals surface area contributed by atoms with Gasteiger partial charge in [-0.3, -0.25) is 57.7 Å². The van der Waals surface area contributed by atoms with Crippen molar-refractivity contribution in [2.75, 3.05) is 113 Å². The summed E-state index contributed by atoms with van der Waals surface area (Å²) >= 11 is 14.9. The second-order valence-electron chi connectivity index (χ2n) is 34.3. The van der Waals surface area contributed by atoms with E-state index in [1.165, 1.54) is 49.6 Å². The molecule has 6 atom stereocenters. The number of esters is 2. The first kappa shape index (κ1) is 107. The molecule has 9 aliphatic rings. The van der Waals surface area contributed by atoms with E-state index in [-0.39, 0.29) is 125 Å². The number of aryl methyl sites for hydroxylation is 3. The number of anilines is 6. The number of rotatable bonds is 20. The third-order valence-electron chi connectivity index (χ3n) is 22.0. The predicted octanol–water partition coefficient (Wildman–Crippen LogP) is 6.08. The van der Waals surface area contributed by atoms with Gasteiger partial charge >= 0.3 is 130 Å². The molecule has 43 nitrogen and oxygen atoms in total. The molecule has 1 N–H and O–H groups in total. The third-order valence-corrected chi connectivity index (χ3v) is 22.1. The molecule has 136 heavy (non-hydrogen) atoms. The predicted molar refractivity (Wildman–Crippen MR) is 470 cm³/mol. The zero-order chi connectivity index (χ0) is 98.4. The molecule has 11 amide bonds. The summed E-state index contributed by atoms with van der Waals surface area (Å²) in [7, 11) is 5.51. The summed E-state index contributed by atoms with van der Waals surface area (Å²) in [6.45, 7) is 16.0. The van der Waals surface area contributed by atoms with Crippen LogP contribution in [0.1, 0.15) is 135 Å². The molecule has 50 heteroatoms. The fourth-order valence-corrected chi connectivity index (χ4v) is 16.1. The fourth-order valence-electron chi connectivity index (χ4n) is 16.0. The summed E-state index contributed by atoms with van der Waals surface area (Å²) in [6, 6.07) is 10.8. The maximum absolute atomic E-state index is 15.2. The van der Waals surface area contributed by atoms with Gasteiger partial charge in [0.2, 0.25) is 31.3 Å². The SMILES string of the molecule is CC(=O)N(C[C@H]1CN(c2ccc(N3Cc4cn(C)nc4C3)c(F)c2)C(=O)O1)C(=O)OCCl.CC(=O)N(C[C@H]1CN(c2ccc(N3Cc4cn(C)nc4C3)c(F)c2)C(=O)O1)C(=O)OCOC(=O)[C@@H]1CCCN1.CC(=O)N(C[C@H]1CN(c2ccc(N3Cc4cn(C)nc4C3)c(F)c2)C(=O)O1)C(=O)OCOC(=O)[C@@H]1CCCN1C(=O)OC(C)(C)C.CC(C)(C)OC(=O)N1CCC[C@H]1C(=O)[O-].ClCCl.[Cs+]. The van der Waals surface area contributed by atoms with Crippen molar-refractivity contribution in [2.45, 2.75) is 188 Å². The van der Waals surface area contributed by atoms with Crippen LogP contribution in [0, 0.1) is 17.5 Å². The van der Waals surface area contributed by atoms with Gasteiger partial charge in [0.15, 0.2) is 6.07 Å². The topological polar surface area (TPSA) is 455 Å². The zero-order valence-corrected chi connectivity index (χ0v) is 85.7. The van der Waals surface area contributed by atoms with Gasteiger partial charge in [-0.15, -0.1) is 23.2 Å². The first-order valence-electron chi connectivity index (χ1n) is 42.8. The van der Waals surface area contributed by atoms with Crippen molar-refractivity contribution >= 4 is 153 Å². The molecule has 6 fully saturated rings. The van der Waals surface area contributed by atoms with Gasteiger partial charge in [-0.2, -0.15) is 15.3 Å². The van der Waals surface area contributed by atoms with Gasteiger partial charge in [-0.25, -0.2) is 71.0 Å². The molecule has 6 saturated heterocycles. The number of carboxylic acids is 1. The molecule has 732 valence electrons. The van der Waals surface area contributed by atoms with E-state index in [9.17, 15) is 76.6 Å². The van der Waals surface area contributed by atoms with Gasteiger partial charge < -0.3 is 77.3 Å². The molecule has 9 aliphatic heterocycles. The molecule has 12 heterocycles. The van der Waals surface area contributed by atoms with Crippen molar-refractivity contribution in [3.8, 4) is 0 Å². The van der Waals surface area contributed by atoms with Crippen LogP contribution in [-0.2, 0) is 137 Å². The molecule has 15 rings (SSSR count). The fraction of sp³-hybridized carbons (Fsp3) is 0.523. The Bertz CT molecular complexity index is 5350. The maximum atomic E-state index is 15.2. The molecule has 0 saturated carbocycles. The number of cyclic esters (lactones) is 3. The molecular formula is C86H105Cl3CsF3N18O25. The van der Waals surface area contributed by atoms with E-state index < -0.39 is 169 Å². The number of aliphatic carboxylic acids is 1. The number of halogens is 6. The third kappa shape index (κ3) is 27.9. The van der Waals surface area contributed by atoms with Crippen LogP contribution in [0.2, 0.25) is 0 Å². The Morgan fingerprint density at radius 2 is 0.809 bits per heavy atom. The molecule has 3 aromatic heterocycles. The minimum Gasteiger partial charge on any atom is -0.548 e. The Morgan fingerprint density at radius 1 is 0.478 bits per heavy atom. The molecule has 3 aromatic carbocycles. The van der Waals surface area contributed by atoms with Crippen LogP contribution in [-0.4, -0.2) is 270 Å². The number of hydrogen-bond donors (Lipinski definition) is 1. The molecule has 0 spiro atoms. The number of alkyl halides is 3. The molecule has 0 radical (unpaired) electrons. The Morgan fingerprint density at radius 3 is 1.11 bits per heavy atom. The minimum absolute atomic E-state index is 0. The minimum atomic E-state index is -1.21. The largest absolute Gasteiger partial charge is 1.00 e. The molecule has 0 bridgehead atoms. The monoisotopic (exact) mass is 2080 g/mol. The van der Waals surface area contributed by atoms with E-state index in [0.29, 0.717) is 119 Å². The molecular weight excluding hydrogens is 1980 g/mol. The number of likely N-dealkylation sites (tertiary alicyclic amines) is 2. The number of aromatic nitrogens is 6. The van der Waals surface area contributed by atoms with E-state index in [0.717, 1.165) is 63.8 Å². The van der Waals surface area contributed by atoms with Gasteiger partial charge in [0.1, 0.15) is 59.0 Å². The Balaban J connectivity index is 0.000000194. The zero-order valence-electron chi connectivity index (χ0n) is 77.1. The number of benzene rings is 3. The average Bonchev–Trinajstić information content (AvgIpc) is 1.64. The van der Waals surface area contributed by atoms with Crippen LogP contribution in [0.25, 0.3) is 0 Å². The van der Waals surface area contributed by atoms with Crippen molar-refractivity contribution in [1.29, 1.82) is 0 Å². The summed E-state index contributed by atoms with van der Waals surface area (Å²) in [5, 5.41) is 27.0. The summed E-state index contributed by atoms with van der Waals surface area (Å²) in [6.07, 6.45) is 0.0988. The van der Waals surface area contributed by atoms with Crippen LogP contribution >= 0.6 is 34.8 Å². The van der Waals surface area contributed by atoms with Gasteiger partial charge in [-0.05, 0) is 141 Å². The van der Waals surface area contributed by atoms with Crippen molar-refractivity contribution in [3.05, 3.63) is 124 Å². The standard InChI is InChI=1S/C30H37FN6O9.C25H29FN6O7.C20H21ClFN5O5.C10H17NO4.CH2Cl2.Cs/c1-18(38)36(27(40)44-17-43-26(39)25-7-6-10-35(25)29(42)46-30(2,3)4)14-21-15-37(28(41)45-21)20-8-9-24(22(31)11-20)34-13-19-12-33(5)32-23(19)16-34;1-15(33)31(24(35)38-14-37-23(34)20-4-3-7-27-20)11-18-12-32(25(36)39-18)17-5-6-22(19(26)8-17)30-10-16-9-29(2)28-21(16)13-30;1-12(28)26(19(29)31-11-21)8-15-9-27(20(30)32-15)14-3-4-18(16(22)5-14)25-7-13-6-24(2)23-17(13)10-25;1-10(2,3)15-9(14)11-6-4-5-7(11)8(12)13;2-1-3;/h8-9,11-12,21,25H,6-7,10,13-17H2,1-5H3;5-6,8-9,18,20,27H,3-4,7,10-14H2,1-2H3;3-6,15H,7-11H2,1-2H3;7H,4-6H2,1-3H3,(H,12,13);1H2;/q;;;;;+1/p-1/t21-,25-;18-,20-;15-;7-;;/m0000../s1. The number of nitrogens with zero attached hydrogens (tertiary/aromatic N) is 17. The van der Waals surface area contributed by atoms with Crippen LogP contribution in [0.15, 0.2) is 73.2 Å². The summed E-state index contributed by atoms with van der Waals surface area (Å²) in [5.74, 6) is -5.97. The normalized spacial score (nSPS) is 18.9. The summed E-state index contributed by atoms with van der Waals surface area (Å²) in [4.78, 5) is 184. The Labute approximate surface area is 853 Å². The van der Waals surface area contributed by atoms with Crippen LogP contribution in [0.5, 0.6) is 0 Å². The van der Waals surface area contributed by atoms with E-state index in [1.54, 1.807) is 92.0 Å². The number of carbonyl (C=O) groups is 14. The Kier molecular flexibility index (Phi) is 37.2. The smallest absolute Gasteiger partial charge is 0.548 e. The van der Waals surface area contributed by atoms with Crippen molar-refractivity contribution in [2.24, 2.45) is 21.1 Å². The summed E-state index contributed by atoms with van der Waals surface area (Å²) in [5.41, 5.74) is 6.43. The second kappa shape index (κ2) is 47.3. The number of fused-ring (bicyclic) bond motifs is 3. The Hall–Kier alpha value is -11.1. The van der Waals surface area contributed by atoms with Crippen LogP contribution in [0.4, 0.5) is 85.7 Å². The molecule has 6 aromatic rings. The number of ether oxygens (including phenoxy) is 10. The average molecular weight is 2090 g/mol. The number of imide groups is 3. The van der Waals surface area contributed by atoms with E-state index >= 15 is 8.78 Å². The molecule has 0 unspecified atom stereocenters. The quantitative estimate of drug-likeness (QED) is 0.0391. The number of amides is 11. The first-order chi connectivity index (χ1) is 63.9. The van der Waals surface area contributed by atoms with Crippen molar-refractivity contribution < 1.29 is 202 Å². The van der Waals surface area contributed by atoms with Crippen molar-refractivity contribution in [1.82, 2.24) is 59.2 Å². The van der Waals surface area contributed by atoms with Crippen molar-refractivity contribution in [3.63, 3.8) is 0 Å². The van der Waals surface area contributed by atoms with Gasteiger partial charge in [0, 0.05) is 110 Å².